The van der Waals surface area contributed by atoms with E-state index in [4.69, 9.17) is 4.52 Å². The molecule has 2 amide bonds. The van der Waals surface area contributed by atoms with E-state index >= 15 is 0 Å². The van der Waals surface area contributed by atoms with Crippen LogP contribution in [0.1, 0.15) is 59.9 Å². The van der Waals surface area contributed by atoms with Crippen molar-refractivity contribution in [1.29, 1.82) is 0 Å². The van der Waals surface area contributed by atoms with Crippen molar-refractivity contribution in [3.8, 4) is 0 Å². The molecule has 1 saturated heterocycles. The lowest BCUT2D eigenvalue weighted by Gasteiger charge is -2.26. The Morgan fingerprint density at radius 1 is 1.23 bits per heavy atom. The van der Waals surface area contributed by atoms with Gasteiger partial charge in [0.2, 0.25) is 11.8 Å². The van der Waals surface area contributed by atoms with Gasteiger partial charge >= 0.3 is 0 Å². The number of carbonyl (C=O) groups is 2. The van der Waals surface area contributed by atoms with Crippen LogP contribution in [-0.4, -0.2) is 46.0 Å². The Hall–Kier alpha value is -2.70. The number of aromatic nitrogens is 2. The number of hydrogen-bond acceptors (Lipinski definition) is 5. The van der Waals surface area contributed by atoms with Gasteiger partial charge in [0.25, 0.3) is 5.91 Å². The van der Waals surface area contributed by atoms with Crippen LogP contribution in [0.2, 0.25) is 0 Å². The smallest absolute Gasteiger partial charge is 0.251 e. The average Bonchev–Trinajstić information content (AvgIpc) is 3.35. The fraction of sp³-hybridized carbons (Fsp3) is 0.565. The molecule has 30 heavy (non-hydrogen) atoms. The third kappa shape index (κ3) is 3.50. The maximum absolute atomic E-state index is 12.9. The van der Waals surface area contributed by atoms with E-state index in [0.717, 1.165) is 12.0 Å². The Balaban J connectivity index is 1.55. The number of nitrogens with one attached hydrogen (secondary N) is 1. The van der Waals surface area contributed by atoms with Gasteiger partial charge in [0.1, 0.15) is 0 Å². The fourth-order valence-electron chi connectivity index (χ4n) is 5.00. The van der Waals surface area contributed by atoms with Crippen LogP contribution in [-0.2, 0) is 10.2 Å². The van der Waals surface area contributed by atoms with E-state index in [9.17, 15) is 9.59 Å². The van der Waals surface area contributed by atoms with Crippen LogP contribution in [0.5, 0.6) is 0 Å². The topological polar surface area (TPSA) is 88.3 Å². The molecule has 0 unspecified atom stereocenters. The summed E-state index contributed by atoms with van der Waals surface area (Å²) >= 11 is 0. The zero-order valence-electron chi connectivity index (χ0n) is 18.4. The first-order valence-corrected chi connectivity index (χ1v) is 10.7. The van der Waals surface area contributed by atoms with E-state index < -0.39 is 5.41 Å². The van der Waals surface area contributed by atoms with Crippen molar-refractivity contribution < 1.29 is 14.1 Å². The largest absolute Gasteiger partial charge is 0.349 e. The lowest BCUT2D eigenvalue weighted by Crippen LogP contribution is -2.40. The molecule has 7 heteroatoms. The fourth-order valence-corrected chi connectivity index (χ4v) is 5.00. The van der Waals surface area contributed by atoms with Crippen LogP contribution in [0.15, 0.2) is 22.7 Å². The van der Waals surface area contributed by atoms with E-state index in [0.29, 0.717) is 36.8 Å². The van der Waals surface area contributed by atoms with Gasteiger partial charge < -0.3 is 14.7 Å². The van der Waals surface area contributed by atoms with E-state index in [1.807, 2.05) is 50.8 Å². The molecular formula is C23H30N4O3. The van der Waals surface area contributed by atoms with Gasteiger partial charge in [-0.1, -0.05) is 25.1 Å². The Kier molecular flexibility index (Phi) is 5.16. The zero-order chi connectivity index (χ0) is 21.6. The normalized spacial score (nSPS) is 25.6. The Morgan fingerprint density at radius 2 is 2.00 bits per heavy atom. The molecule has 7 nitrogen and oxygen atoms in total. The quantitative estimate of drug-likeness (QED) is 0.837. The van der Waals surface area contributed by atoms with Gasteiger partial charge in [-0.2, -0.15) is 4.98 Å². The summed E-state index contributed by atoms with van der Waals surface area (Å²) in [7, 11) is 0. The van der Waals surface area contributed by atoms with Crippen LogP contribution >= 0.6 is 0 Å². The summed E-state index contributed by atoms with van der Waals surface area (Å²) in [6.45, 7) is 10.9. The molecular weight excluding hydrogens is 380 g/mol. The molecule has 160 valence electrons. The third-order valence-corrected chi connectivity index (χ3v) is 6.74. The highest BCUT2D eigenvalue weighted by Crippen LogP contribution is 2.50. The first-order valence-electron chi connectivity index (χ1n) is 10.7. The zero-order valence-corrected chi connectivity index (χ0v) is 18.4. The minimum atomic E-state index is -0.396. The molecule has 0 spiro atoms. The summed E-state index contributed by atoms with van der Waals surface area (Å²) in [6, 6.07) is 5.78. The number of nitrogens with zero attached hydrogens (tertiary/aromatic N) is 3. The molecule has 3 atom stereocenters. The van der Waals surface area contributed by atoms with Crippen LogP contribution in [0.25, 0.3) is 0 Å². The van der Waals surface area contributed by atoms with Crippen molar-refractivity contribution in [3.63, 3.8) is 0 Å². The average molecular weight is 411 g/mol. The number of likely N-dealkylation sites (tertiary alicyclic amines) is 1. The second kappa shape index (κ2) is 7.52. The SMILES string of the molecule is Cc1noc([C@]23C[C@H](NC(=O)c4ccc(C)c(C)c4)C[C@H]2CN(C(=O)C(C)C)C3)n1. The van der Waals surface area contributed by atoms with Gasteiger partial charge in [-0.05, 0) is 62.8 Å². The van der Waals surface area contributed by atoms with Crippen molar-refractivity contribution in [3.05, 3.63) is 46.6 Å². The minimum Gasteiger partial charge on any atom is -0.349 e. The molecule has 1 aliphatic heterocycles. The second-order valence-electron chi connectivity index (χ2n) is 9.28. The number of aryl methyl sites for hydroxylation is 3. The predicted octanol–water partition coefficient (Wildman–Crippen LogP) is 2.94. The Labute approximate surface area is 177 Å². The summed E-state index contributed by atoms with van der Waals surface area (Å²) in [6.07, 6.45) is 1.48. The molecule has 2 fully saturated rings. The van der Waals surface area contributed by atoms with Crippen LogP contribution in [0.3, 0.4) is 0 Å². The number of amides is 2. The lowest BCUT2D eigenvalue weighted by atomic mass is 9.80. The van der Waals surface area contributed by atoms with E-state index in [1.54, 1.807) is 6.92 Å². The van der Waals surface area contributed by atoms with E-state index in [-0.39, 0.29) is 29.7 Å². The summed E-state index contributed by atoms with van der Waals surface area (Å²) in [5, 5.41) is 7.20. The summed E-state index contributed by atoms with van der Waals surface area (Å²) < 4.78 is 5.60. The van der Waals surface area contributed by atoms with Gasteiger partial charge in [0.15, 0.2) is 5.82 Å². The molecule has 1 aliphatic carbocycles. The molecule has 4 rings (SSSR count). The maximum atomic E-state index is 12.9. The molecule has 1 N–H and O–H groups in total. The van der Waals surface area contributed by atoms with Crippen LogP contribution < -0.4 is 5.32 Å². The molecule has 0 radical (unpaired) electrons. The van der Waals surface area contributed by atoms with Gasteiger partial charge in [-0.15, -0.1) is 0 Å². The maximum Gasteiger partial charge on any atom is 0.251 e. The molecule has 1 aromatic heterocycles. The monoisotopic (exact) mass is 410 g/mol. The van der Waals surface area contributed by atoms with Crippen molar-refractivity contribution in [2.75, 3.05) is 13.1 Å². The summed E-state index contributed by atoms with van der Waals surface area (Å²) in [5.41, 5.74) is 2.55. The predicted molar refractivity (Wildman–Crippen MR) is 112 cm³/mol. The number of fused-ring (bicyclic) bond motifs is 1. The van der Waals surface area contributed by atoms with Gasteiger partial charge in [0.05, 0.1) is 5.41 Å². The van der Waals surface area contributed by atoms with Crippen LogP contribution in [0.4, 0.5) is 0 Å². The molecule has 1 saturated carbocycles. The highest BCUT2D eigenvalue weighted by molar-refractivity contribution is 5.94. The Bertz CT molecular complexity index is 983. The standard InChI is InChI=1S/C23H30N4O3/c1-13(2)21(29)27-11-18-9-19(10-23(18,12-27)22-24-16(5)26-30-22)25-20(28)17-7-6-14(3)15(4)8-17/h6-8,13,18-19H,9-12H2,1-5H3,(H,25,28)/t18-,19+,23-/m0/s1. The van der Waals surface area contributed by atoms with Crippen LogP contribution in [0, 0.1) is 32.6 Å². The van der Waals surface area contributed by atoms with Gasteiger partial charge in [-0.25, -0.2) is 0 Å². The van der Waals surface area contributed by atoms with E-state index in [1.165, 1.54) is 5.56 Å². The molecule has 1 aromatic carbocycles. The lowest BCUT2D eigenvalue weighted by molar-refractivity contribution is -0.133. The molecule has 0 bridgehead atoms. The highest BCUT2D eigenvalue weighted by atomic mass is 16.5. The second-order valence-corrected chi connectivity index (χ2v) is 9.28. The van der Waals surface area contributed by atoms with Crippen molar-refractivity contribution in [2.24, 2.45) is 11.8 Å². The molecule has 2 aromatic rings. The van der Waals surface area contributed by atoms with E-state index in [2.05, 4.69) is 15.5 Å². The first-order chi connectivity index (χ1) is 14.2. The number of hydrogen-bond donors (Lipinski definition) is 1. The van der Waals surface area contributed by atoms with Crippen molar-refractivity contribution in [2.45, 2.75) is 58.9 Å². The molecule has 2 heterocycles. The Morgan fingerprint density at radius 3 is 2.63 bits per heavy atom. The number of rotatable bonds is 4. The van der Waals surface area contributed by atoms with Gasteiger partial charge in [-0.3, -0.25) is 9.59 Å². The summed E-state index contributed by atoms with van der Waals surface area (Å²) in [5.74, 6) is 1.41. The number of benzene rings is 1. The van der Waals surface area contributed by atoms with Crippen molar-refractivity contribution >= 4 is 11.8 Å². The van der Waals surface area contributed by atoms with Gasteiger partial charge in [0, 0.05) is 30.6 Å². The minimum absolute atomic E-state index is 0.00705. The summed E-state index contributed by atoms with van der Waals surface area (Å²) in [4.78, 5) is 32.0. The highest BCUT2D eigenvalue weighted by Gasteiger charge is 2.58. The molecule has 2 aliphatic rings. The van der Waals surface area contributed by atoms with Crippen molar-refractivity contribution in [1.82, 2.24) is 20.4 Å². The third-order valence-electron chi connectivity index (χ3n) is 6.74. The first kappa shape index (κ1) is 20.6. The number of carbonyl (C=O) groups excluding carboxylic acids is 2.